The monoisotopic (exact) mass is 440 g/mol. The maximum Gasteiger partial charge on any atom is 0.253 e. The van der Waals surface area contributed by atoms with E-state index in [4.69, 9.17) is 4.74 Å². The smallest absolute Gasteiger partial charge is 0.253 e. The zero-order valence-corrected chi connectivity index (χ0v) is 18.3. The van der Waals surface area contributed by atoms with E-state index < -0.39 is 0 Å². The van der Waals surface area contributed by atoms with Gasteiger partial charge in [0.25, 0.3) is 11.8 Å². The van der Waals surface area contributed by atoms with E-state index in [-0.39, 0.29) is 17.7 Å². The molecule has 5 rings (SSSR count). The number of carbonyl (C=O) groups excluding carboxylic acids is 2. The van der Waals surface area contributed by atoms with Crippen LogP contribution in [0.2, 0.25) is 0 Å². The molecule has 0 atom stereocenters. The van der Waals surface area contributed by atoms with Gasteiger partial charge in [0, 0.05) is 55.3 Å². The first-order valence-electron chi connectivity index (χ1n) is 10.8. The topological polar surface area (TPSA) is 75.9 Å². The van der Waals surface area contributed by atoms with Gasteiger partial charge in [0.2, 0.25) is 0 Å². The van der Waals surface area contributed by atoms with E-state index >= 15 is 0 Å². The fourth-order valence-corrected chi connectivity index (χ4v) is 4.02. The maximum absolute atomic E-state index is 12.6. The minimum atomic E-state index is -0.116. The van der Waals surface area contributed by atoms with Gasteiger partial charge in [-0.1, -0.05) is 12.1 Å². The Bertz CT molecular complexity index is 1290. The van der Waals surface area contributed by atoms with E-state index in [2.05, 4.69) is 10.3 Å². The summed E-state index contributed by atoms with van der Waals surface area (Å²) in [5.41, 5.74) is 4.26. The second-order valence-corrected chi connectivity index (χ2v) is 8.17. The predicted molar refractivity (Wildman–Crippen MR) is 124 cm³/mol. The number of benzene rings is 2. The number of fused-ring (bicyclic) bond motifs is 1. The van der Waals surface area contributed by atoms with Crippen molar-refractivity contribution >= 4 is 17.5 Å². The number of hydrogen-bond acceptors (Lipinski definition) is 4. The molecular formula is C26H24N4O3. The van der Waals surface area contributed by atoms with Crippen LogP contribution in [0.1, 0.15) is 37.8 Å². The van der Waals surface area contributed by atoms with E-state index in [0.29, 0.717) is 30.8 Å². The Morgan fingerprint density at radius 1 is 1.00 bits per heavy atom. The summed E-state index contributed by atoms with van der Waals surface area (Å²) in [5, 5.41) is 2.96. The molecule has 0 aliphatic carbocycles. The Kier molecular flexibility index (Phi) is 5.52. The molecule has 1 saturated heterocycles. The molecule has 2 aromatic heterocycles. The molecular weight excluding hydrogens is 416 g/mol. The van der Waals surface area contributed by atoms with Gasteiger partial charge in [0.15, 0.2) is 0 Å². The lowest BCUT2D eigenvalue weighted by atomic mass is 9.90. The molecule has 1 aliphatic heterocycles. The molecule has 2 amide bonds. The highest BCUT2D eigenvalue weighted by atomic mass is 16.5. The molecule has 4 aromatic rings. The first kappa shape index (κ1) is 20.8. The molecule has 0 spiro atoms. The summed E-state index contributed by atoms with van der Waals surface area (Å²) in [6.45, 7) is 1.79. The fourth-order valence-electron chi connectivity index (χ4n) is 4.02. The lowest BCUT2D eigenvalue weighted by molar-refractivity contribution is 0.0602. The number of nitrogens with one attached hydrogen (secondary N) is 1. The first-order valence-corrected chi connectivity index (χ1v) is 10.8. The average Bonchev–Trinajstić information content (AvgIpc) is 3.30. The number of nitrogens with zero attached hydrogens (tertiary/aromatic N) is 3. The standard InChI is InChI=1S/C26H24N4O3/c1-33-23-8-6-21(7-9-23)26(32)30-16-22(17-30)19-2-4-20(5-3-19)25(31)28-15-18-10-12-29-13-11-27-24(29)14-18/h2-14,22H,15-17H2,1H3,(H,28,31). The van der Waals surface area contributed by atoms with Crippen molar-refractivity contribution in [1.29, 1.82) is 0 Å². The number of aromatic nitrogens is 2. The van der Waals surface area contributed by atoms with Crippen molar-refractivity contribution in [3.05, 3.63) is 102 Å². The Morgan fingerprint density at radius 2 is 1.73 bits per heavy atom. The number of rotatable bonds is 6. The molecule has 1 N–H and O–H groups in total. The summed E-state index contributed by atoms with van der Waals surface area (Å²) in [6, 6.07) is 18.7. The highest BCUT2D eigenvalue weighted by Gasteiger charge is 2.32. The fraction of sp³-hybridized carbons (Fsp3) is 0.192. The molecule has 2 aromatic carbocycles. The summed E-state index contributed by atoms with van der Waals surface area (Å²) in [6.07, 6.45) is 5.56. The largest absolute Gasteiger partial charge is 0.497 e. The summed E-state index contributed by atoms with van der Waals surface area (Å²) >= 11 is 0. The van der Waals surface area contributed by atoms with Gasteiger partial charge in [0.1, 0.15) is 11.4 Å². The van der Waals surface area contributed by atoms with Crippen LogP contribution in [-0.4, -0.2) is 46.3 Å². The second kappa shape index (κ2) is 8.78. The summed E-state index contributed by atoms with van der Waals surface area (Å²) in [5.74, 6) is 0.926. The Balaban J connectivity index is 1.14. The summed E-state index contributed by atoms with van der Waals surface area (Å²) in [7, 11) is 1.60. The van der Waals surface area contributed by atoms with Gasteiger partial charge in [-0.3, -0.25) is 9.59 Å². The van der Waals surface area contributed by atoms with E-state index in [1.165, 1.54) is 0 Å². The number of imidazole rings is 1. The summed E-state index contributed by atoms with van der Waals surface area (Å²) in [4.78, 5) is 31.3. The molecule has 0 saturated carbocycles. The quantitative estimate of drug-likeness (QED) is 0.498. The minimum Gasteiger partial charge on any atom is -0.497 e. The van der Waals surface area contributed by atoms with Gasteiger partial charge >= 0.3 is 0 Å². The number of ether oxygens (including phenoxy) is 1. The average molecular weight is 441 g/mol. The number of methoxy groups -OCH3 is 1. The number of likely N-dealkylation sites (tertiary alicyclic amines) is 1. The van der Waals surface area contributed by atoms with Gasteiger partial charge in [-0.15, -0.1) is 0 Å². The highest BCUT2D eigenvalue weighted by Crippen LogP contribution is 2.29. The van der Waals surface area contributed by atoms with Crippen molar-refractivity contribution in [1.82, 2.24) is 19.6 Å². The maximum atomic E-state index is 12.6. The SMILES string of the molecule is COc1ccc(C(=O)N2CC(c3ccc(C(=O)NCc4ccn5ccnc5c4)cc3)C2)cc1. The number of carbonyl (C=O) groups is 2. The van der Waals surface area contributed by atoms with Crippen molar-refractivity contribution in [3.63, 3.8) is 0 Å². The van der Waals surface area contributed by atoms with Crippen molar-refractivity contribution in [2.24, 2.45) is 0 Å². The molecule has 7 heteroatoms. The normalized spacial score (nSPS) is 13.5. The third-order valence-electron chi connectivity index (χ3n) is 6.07. The lowest BCUT2D eigenvalue weighted by Crippen LogP contribution is -2.48. The Morgan fingerprint density at radius 3 is 2.45 bits per heavy atom. The number of amides is 2. The molecule has 0 unspecified atom stereocenters. The summed E-state index contributed by atoms with van der Waals surface area (Å²) < 4.78 is 7.07. The van der Waals surface area contributed by atoms with Gasteiger partial charge < -0.3 is 19.4 Å². The van der Waals surface area contributed by atoms with Crippen LogP contribution in [0.25, 0.3) is 5.65 Å². The van der Waals surface area contributed by atoms with Crippen molar-refractivity contribution in [2.75, 3.05) is 20.2 Å². The Labute approximate surface area is 191 Å². The van der Waals surface area contributed by atoms with Gasteiger partial charge in [-0.25, -0.2) is 4.98 Å². The second-order valence-electron chi connectivity index (χ2n) is 8.17. The molecule has 7 nitrogen and oxygen atoms in total. The molecule has 33 heavy (non-hydrogen) atoms. The molecule has 3 heterocycles. The molecule has 1 aliphatic rings. The Hall–Kier alpha value is -4.13. The van der Waals surface area contributed by atoms with Crippen LogP contribution < -0.4 is 10.1 Å². The molecule has 166 valence electrons. The zero-order valence-electron chi connectivity index (χ0n) is 18.3. The van der Waals surface area contributed by atoms with Crippen LogP contribution >= 0.6 is 0 Å². The van der Waals surface area contributed by atoms with Crippen LogP contribution in [0.4, 0.5) is 0 Å². The van der Waals surface area contributed by atoms with Crippen LogP contribution in [0.15, 0.2) is 79.3 Å². The van der Waals surface area contributed by atoms with Gasteiger partial charge in [-0.2, -0.15) is 0 Å². The number of pyridine rings is 1. The minimum absolute atomic E-state index is 0.0263. The first-order chi connectivity index (χ1) is 16.1. The van der Waals surface area contributed by atoms with Crippen LogP contribution in [0, 0.1) is 0 Å². The highest BCUT2D eigenvalue weighted by molar-refractivity contribution is 5.95. The number of hydrogen-bond donors (Lipinski definition) is 1. The van der Waals surface area contributed by atoms with Gasteiger partial charge in [0.05, 0.1) is 7.11 Å². The molecule has 1 fully saturated rings. The van der Waals surface area contributed by atoms with Crippen LogP contribution in [0.3, 0.4) is 0 Å². The third kappa shape index (κ3) is 4.30. The predicted octanol–water partition coefficient (Wildman–Crippen LogP) is 3.51. The lowest BCUT2D eigenvalue weighted by Gasteiger charge is -2.39. The van der Waals surface area contributed by atoms with E-state index in [0.717, 1.165) is 22.5 Å². The third-order valence-corrected chi connectivity index (χ3v) is 6.07. The van der Waals surface area contributed by atoms with Crippen molar-refractivity contribution in [2.45, 2.75) is 12.5 Å². The van der Waals surface area contributed by atoms with Crippen molar-refractivity contribution in [3.8, 4) is 5.75 Å². The van der Waals surface area contributed by atoms with E-state index in [9.17, 15) is 9.59 Å². The zero-order chi connectivity index (χ0) is 22.8. The molecule has 0 bridgehead atoms. The van der Waals surface area contributed by atoms with Crippen LogP contribution in [-0.2, 0) is 6.54 Å². The van der Waals surface area contributed by atoms with Gasteiger partial charge in [-0.05, 0) is 59.7 Å². The van der Waals surface area contributed by atoms with E-state index in [1.807, 2.05) is 58.1 Å². The molecule has 0 radical (unpaired) electrons. The van der Waals surface area contributed by atoms with Crippen molar-refractivity contribution < 1.29 is 14.3 Å². The van der Waals surface area contributed by atoms with E-state index in [1.54, 1.807) is 37.6 Å². The van der Waals surface area contributed by atoms with Crippen LogP contribution in [0.5, 0.6) is 5.75 Å².